The van der Waals surface area contributed by atoms with E-state index in [-0.39, 0.29) is 4.75 Å². The quantitative estimate of drug-likeness (QED) is 0.496. The fraction of sp³-hybridized carbons (Fsp3) is 0.455. The van der Waals surface area contributed by atoms with Gasteiger partial charge < -0.3 is 0 Å². The van der Waals surface area contributed by atoms with Crippen LogP contribution < -0.4 is 0 Å². The van der Waals surface area contributed by atoms with Gasteiger partial charge in [0.2, 0.25) is 0 Å². The molecule has 0 spiro atoms. The molecule has 0 nitrogen and oxygen atoms in total. The third kappa shape index (κ3) is 5.25. The molecular formula is C11H18S. The maximum atomic E-state index is 4.49. The van der Waals surface area contributed by atoms with Gasteiger partial charge in [-0.05, 0) is 20.3 Å². The lowest BCUT2D eigenvalue weighted by atomic mass is 10.1. The van der Waals surface area contributed by atoms with Crippen LogP contribution in [0.1, 0.15) is 27.2 Å². The Kier molecular flexibility index (Phi) is 5.07. The molecule has 12 heavy (non-hydrogen) atoms. The second-order valence-corrected chi connectivity index (χ2v) is 4.21. The molecule has 0 aliphatic heterocycles. The largest absolute Gasteiger partial charge is 0.169 e. The highest BCUT2D eigenvalue weighted by atomic mass is 32.1. The average molecular weight is 182 g/mol. The maximum Gasteiger partial charge on any atom is 0.0281 e. The highest BCUT2D eigenvalue weighted by Gasteiger charge is 2.10. The number of hydrogen-bond donors (Lipinski definition) is 1. The zero-order chi connectivity index (χ0) is 9.61. The Balaban J connectivity index is 4.23. The monoisotopic (exact) mass is 182 g/mol. The van der Waals surface area contributed by atoms with Crippen molar-refractivity contribution in [3.8, 4) is 0 Å². The van der Waals surface area contributed by atoms with Crippen LogP contribution in [0.2, 0.25) is 0 Å². The first-order valence-corrected chi connectivity index (χ1v) is 4.67. The molecule has 0 amide bonds. The van der Waals surface area contributed by atoms with Crippen molar-refractivity contribution in [2.24, 2.45) is 0 Å². The standard InChI is InChI=1S/C11H18S/c1-5-7-10(3)8-9-11(4,12)6-2/h5,7-9,12H,1,6H2,2-4H3/b9-8-,10-7-. The molecule has 0 heterocycles. The predicted octanol–water partition coefficient (Wildman–Crippen LogP) is 3.77. The highest BCUT2D eigenvalue weighted by molar-refractivity contribution is 7.82. The summed E-state index contributed by atoms with van der Waals surface area (Å²) in [5, 5.41) is 0. The predicted molar refractivity (Wildman–Crippen MR) is 60.8 cm³/mol. The van der Waals surface area contributed by atoms with Crippen molar-refractivity contribution in [3.63, 3.8) is 0 Å². The number of allylic oxidation sites excluding steroid dienone is 4. The Bertz CT molecular complexity index is 197. The molecule has 0 aromatic heterocycles. The smallest absolute Gasteiger partial charge is 0.0281 e. The van der Waals surface area contributed by atoms with Crippen LogP contribution in [-0.2, 0) is 0 Å². The summed E-state index contributed by atoms with van der Waals surface area (Å²) >= 11 is 4.49. The third-order valence-corrected chi connectivity index (χ3v) is 2.27. The van der Waals surface area contributed by atoms with Gasteiger partial charge in [-0.1, -0.05) is 43.4 Å². The molecule has 1 atom stereocenters. The summed E-state index contributed by atoms with van der Waals surface area (Å²) in [7, 11) is 0. The van der Waals surface area contributed by atoms with Crippen molar-refractivity contribution in [1.82, 2.24) is 0 Å². The summed E-state index contributed by atoms with van der Waals surface area (Å²) in [6, 6.07) is 0. The first-order chi connectivity index (χ1) is 5.52. The van der Waals surface area contributed by atoms with Gasteiger partial charge in [0.15, 0.2) is 0 Å². The van der Waals surface area contributed by atoms with E-state index in [2.05, 4.69) is 52.1 Å². The van der Waals surface area contributed by atoms with E-state index in [4.69, 9.17) is 0 Å². The molecule has 0 aliphatic rings. The molecule has 0 rings (SSSR count). The molecule has 0 saturated carbocycles. The number of rotatable bonds is 4. The zero-order valence-corrected chi connectivity index (χ0v) is 9.07. The molecule has 1 heteroatoms. The topological polar surface area (TPSA) is 0 Å². The molecule has 0 aromatic rings. The van der Waals surface area contributed by atoms with Crippen molar-refractivity contribution >= 4 is 12.6 Å². The lowest BCUT2D eigenvalue weighted by Gasteiger charge is -2.15. The van der Waals surface area contributed by atoms with E-state index in [9.17, 15) is 0 Å². The fourth-order valence-electron chi connectivity index (χ4n) is 0.670. The summed E-state index contributed by atoms with van der Waals surface area (Å²) in [4.78, 5) is 0. The van der Waals surface area contributed by atoms with Gasteiger partial charge in [-0.15, -0.1) is 0 Å². The minimum atomic E-state index is 0.0102. The first-order valence-electron chi connectivity index (χ1n) is 4.23. The van der Waals surface area contributed by atoms with Gasteiger partial charge in [-0.25, -0.2) is 0 Å². The highest BCUT2D eigenvalue weighted by Crippen LogP contribution is 2.20. The Labute approximate surface area is 81.5 Å². The molecule has 68 valence electrons. The zero-order valence-electron chi connectivity index (χ0n) is 8.17. The van der Waals surface area contributed by atoms with E-state index in [1.54, 1.807) is 6.08 Å². The van der Waals surface area contributed by atoms with Crippen LogP contribution in [0.4, 0.5) is 0 Å². The summed E-state index contributed by atoms with van der Waals surface area (Å²) in [6.45, 7) is 9.92. The van der Waals surface area contributed by atoms with Crippen molar-refractivity contribution < 1.29 is 0 Å². The van der Waals surface area contributed by atoms with Crippen molar-refractivity contribution in [2.45, 2.75) is 31.9 Å². The van der Waals surface area contributed by atoms with Crippen LogP contribution in [-0.4, -0.2) is 4.75 Å². The molecule has 0 aromatic carbocycles. The van der Waals surface area contributed by atoms with E-state index in [0.717, 1.165) is 6.42 Å². The van der Waals surface area contributed by atoms with Gasteiger partial charge in [0.05, 0.1) is 0 Å². The number of hydrogen-bond acceptors (Lipinski definition) is 1. The van der Waals surface area contributed by atoms with Crippen LogP contribution in [0.25, 0.3) is 0 Å². The van der Waals surface area contributed by atoms with Crippen LogP contribution in [0, 0.1) is 0 Å². The second kappa shape index (κ2) is 5.26. The first kappa shape index (κ1) is 11.6. The SMILES string of the molecule is C=C/C=C(C)\C=C/C(C)(S)CC. The molecule has 0 saturated heterocycles. The van der Waals surface area contributed by atoms with Crippen molar-refractivity contribution in [1.29, 1.82) is 0 Å². The van der Waals surface area contributed by atoms with E-state index >= 15 is 0 Å². The fourth-order valence-corrected chi connectivity index (χ4v) is 0.745. The molecule has 0 radical (unpaired) electrons. The van der Waals surface area contributed by atoms with Gasteiger partial charge in [0.1, 0.15) is 0 Å². The summed E-state index contributed by atoms with van der Waals surface area (Å²) in [5.41, 5.74) is 1.21. The van der Waals surface area contributed by atoms with Crippen molar-refractivity contribution in [2.75, 3.05) is 0 Å². The average Bonchev–Trinajstić information content (AvgIpc) is 2.02. The third-order valence-electron chi connectivity index (χ3n) is 1.80. The Hall–Kier alpha value is -0.430. The van der Waals surface area contributed by atoms with Gasteiger partial charge in [0, 0.05) is 4.75 Å². The normalized spacial score (nSPS) is 17.8. The Morgan fingerprint density at radius 3 is 2.58 bits per heavy atom. The summed E-state index contributed by atoms with van der Waals surface area (Å²) in [6.07, 6.45) is 9.01. The molecule has 1 unspecified atom stereocenters. The second-order valence-electron chi connectivity index (χ2n) is 3.19. The van der Waals surface area contributed by atoms with Gasteiger partial charge in [-0.2, -0.15) is 12.6 Å². The Morgan fingerprint density at radius 2 is 2.17 bits per heavy atom. The van der Waals surface area contributed by atoms with Crippen LogP contribution in [0.5, 0.6) is 0 Å². The van der Waals surface area contributed by atoms with Gasteiger partial charge in [-0.3, -0.25) is 0 Å². The molecular weight excluding hydrogens is 164 g/mol. The molecule has 0 N–H and O–H groups in total. The lowest BCUT2D eigenvalue weighted by molar-refractivity contribution is 0.761. The van der Waals surface area contributed by atoms with E-state index < -0.39 is 0 Å². The number of thiol groups is 1. The van der Waals surface area contributed by atoms with Crippen LogP contribution >= 0.6 is 12.6 Å². The lowest BCUT2D eigenvalue weighted by Crippen LogP contribution is -2.09. The van der Waals surface area contributed by atoms with Crippen LogP contribution in [0.3, 0.4) is 0 Å². The van der Waals surface area contributed by atoms with Crippen molar-refractivity contribution in [3.05, 3.63) is 36.5 Å². The van der Waals surface area contributed by atoms with Crippen LogP contribution in [0.15, 0.2) is 36.5 Å². The van der Waals surface area contributed by atoms with E-state index in [0.29, 0.717) is 0 Å². The molecule has 0 fully saturated rings. The summed E-state index contributed by atoms with van der Waals surface area (Å²) in [5.74, 6) is 0. The Morgan fingerprint density at radius 1 is 1.58 bits per heavy atom. The van der Waals surface area contributed by atoms with Gasteiger partial charge >= 0.3 is 0 Å². The van der Waals surface area contributed by atoms with E-state index in [1.807, 2.05) is 6.08 Å². The maximum absolute atomic E-state index is 4.49. The minimum absolute atomic E-state index is 0.0102. The van der Waals surface area contributed by atoms with E-state index in [1.165, 1.54) is 5.57 Å². The molecule has 0 bridgehead atoms. The minimum Gasteiger partial charge on any atom is -0.169 e. The van der Waals surface area contributed by atoms with Gasteiger partial charge in [0.25, 0.3) is 0 Å². The molecule has 0 aliphatic carbocycles. The summed E-state index contributed by atoms with van der Waals surface area (Å²) < 4.78 is 0.0102.